The molecule has 0 bridgehead atoms. The molecule has 0 spiro atoms. The van der Waals surface area contributed by atoms with Crippen molar-refractivity contribution in [2.24, 2.45) is 5.92 Å². The molecule has 0 aliphatic carbocycles. The molecule has 7 nitrogen and oxygen atoms in total. The maximum Gasteiger partial charge on any atom is 0.317 e. The highest BCUT2D eigenvalue weighted by atomic mass is 16.5. The Labute approximate surface area is 159 Å². The molecule has 2 atom stereocenters. The predicted molar refractivity (Wildman–Crippen MR) is 100 cm³/mol. The third-order valence-corrected chi connectivity index (χ3v) is 4.69. The van der Waals surface area contributed by atoms with Crippen molar-refractivity contribution >= 4 is 18.0 Å². The lowest BCUT2D eigenvalue weighted by molar-refractivity contribution is -0.149. The van der Waals surface area contributed by atoms with Gasteiger partial charge >= 0.3 is 18.0 Å². The number of urea groups is 1. The monoisotopic (exact) mass is 376 g/mol. The van der Waals surface area contributed by atoms with E-state index in [1.807, 2.05) is 30.3 Å². The van der Waals surface area contributed by atoms with E-state index in [1.54, 1.807) is 11.8 Å². The molecule has 1 aromatic carbocycles. The van der Waals surface area contributed by atoms with Crippen molar-refractivity contribution < 1.29 is 24.2 Å². The average molecular weight is 376 g/mol. The van der Waals surface area contributed by atoms with Gasteiger partial charge in [-0.05, 0) is 38.2 Å². The summed E-state index contributed by atoms with van der Waals surface area (Å²) < 4.78 is 5.07. The number of carbonyl (C=O) groups excluding carboxylic acids is 2. The van der Waals surface area contributed by atoms with Gasteiger partial charge in [0.05, 0.1) is 12.5 Å². The van der Waals surface area contributed by atoms with Gasteiger partial charge in [-0.2, -0.15) is 0 Å². The van der Waals surface area contributed by atoms with E-state index < -0.39 is 5.97 Å². The number of carboxylic acids is 1. The molecule has 0 aromatic heterocycles. The molecular weight excluding hydrogens is 348 g/mol. The summed E-state index contributed by atoms with van der Waals surface area (Å²) in [4.78, 5) is 37.2. The van der Waals surface area contributed by atoms with Crippen molar-refractivity contribution in [3.63, 3.8) is 0 Å². The van der Waals surface area contributed by atoms with E-state index in [0.29, 0.717) is 32.5 Å². The summed E-state index contributed by atoms with van der Waals surface area (Å²) in [5.74, 6) is -1.44. The number of carboxylic acid groups (broad SMARTS) is 1. The summed E-state index contributed by atoms with van der Waals surface area (Å²) in [5, 5.41) is 11.9. The number of rotatable bonds is 8. The molecule has 1 heterocycles. The van der Waals surface area contributed by atoms with Crippen molar-refractivity contribution in [1.82, 2.24) is 10.2 Å². The zero-order valence-corrected chi connectivity index (χ0v) is 15.7. The van der Waals surface area contributed by atoms with Gasteiger partial charge in [-0.25, -0.2) is 4.79 Å². The SMILES string of the molecule is CCOC(=O)[C@H]1CCCN(C(=O)NC(CCC(=O)O)Cc2ccccc2)C1. The second kappa shape index (κ2) is 10.5. The number of ether oxygens (including phenoxy) is 1. The highest BCUT2D eigenvalue weighted by Gasteiger charge is 2.30. The fourth-order valence-electron chi connectivity index (χ4n) is 3.30. The molecule has 1 aliphatic rings. The Hall–Kier alpha value is -2.57. The van der Waals surface area contributed by atoms with Crippen LogP contribution in [0.1, 0.15) is 38.2 Å². The summed E-state index contributed by atoms with van der Waals surface area (Å²) in [7, 11) is 0. The van der Waals surface area contributed by atoms with Crippen LogP contribution < -0.4 is 5.32 Å². The van der Waals surface area contributed by atoms with Crippen LogP contribution in [0.25, 0.3) is 0 Å². The zero-order chi connectivity index (χ0) is 19.6. The van der Waals surface area contributed by atoms with E-state index in [2.05, 4.69) is 5.32 Å². The summed E-state index contributed by atoms with van der Waals surface area (Å²) in [6.45, 7) is 3.01. The topological polar surface area (TPSA) is 95.9 Å². The number of nitrogens with zero attached hydrogens (tertiary/aromatic N) is 1. The van der Waals surface area contributed by atoms with Crippen LogP contribution in [-0.4, -0.2) is 53.7 Å². The summed E-state index contributed by atoms with van der Waals surface area (Å²) in [6.07, 6.45) is 2.37. The average Bonchev–Trinajstić information content (AvgIpc) is 2.67. The lowest BCUT2D eigenvalue weighted by Crippen LogP contribution is -2.50. The van der Waals surface area contributed by atoms with Crippen LogP contribution in [0.2, 0.25) is 0 Å². The highest BCUT2D eigenvalue weighted by Crippen LogP contribution is 2.18. The van der Waals surface area contributed by atoms with E-state index in [1.165, 1.54) is 0 Å². The number of amides is 2. The third-order valence-electron chi connectivity index (χ3n) is 4.69. The van der Waals surface area contributed by atoms with Gasteiger partial charge in [0.15, 0.2) is 0 Å². The number of benzene rings is 1. The third kappa shape index (κ3) is 6.92. The van der Waals surface area contributed by atoms with Gasteiger partial charge < -0.3 is 20.1 Å². The predicted octanol–water partition coefficient (Wildman–Crippen LogP) is 2.45. The number of likely N-dealkylation sites (tertiary alicyclic amines) is 1. The van der Waals surface area contributed by atoms with Crippen LogP contribution >= 0.6 is 0 Å². The van der Waals surface area contributed by atoms with Crippen molar-refractivity contribution in [2.75, 3.05) is 19.7 Å². The van der Waals surface area contributed by atoms with Crippen LogP contribution in [0.4, 0.5) is 4.79 Å². The number of esters is 1. The summed E-state index contributed by atoms with van der Waals surface area (Å²) in [5.41, 5.74) is 1.04. The molecule has 1 unspecified atom stereocenters. The van der Waals surface area contributed by atoms with Gasteiger partial charge in [-0.1, -0.05) is 30.3 Å². The first-order chi connectivity index (χ1) is 13.0. The minimum absolute atomic E-state index is 0.0107. The number of piperidine rings is 1. The number of hydrogen-bond donors (Lipinski definition) is 2. The lowest BCUT2D eigenvalue weighted by Gasteiger charge is -2.33. The number of aliphatic carboxylic acids is 1. The van der Waals surface area contributed by atoms with Crippen molar-refractivity contribution in [2.45, 2.75) is 45.1 Å². The molecule has 2 N–H and O–H groups in total. The largest absolute Gasteiger partial charge is 0.481 e. The second-order valence-electron chi connectivity index (χ2n) is 6.81. The Morgan fingerprint density at radius 1 is 1.30 bits per heavy atom. The van der Waals surface area contributed by atoms with Gasteiger partial charge in [0.25, 0.3) is 0 Å². The molecule has 1 aromatic rings. The fraction of sp³-hybridized carbons (Fsp3) is 0.550. The van der Waals surface area contributed by atoms with Crippen molar-refractivity contribution in [1.29, 1.82) is 0 Å². The molecule has 2 amide bonds. The molecule has 0 saturated carbocycles. The van der Waals surface area contributed by atoms with Gasteiger partial charge in [0.2, 0.25) is 0 Å². The molecule has 148 valence electrons. The van der Waals surface area contributed by atoms with Crippen LogP contribution in [0, 0.1) is 5.92 Å². The maximum absolute atomic E-state index is 12.7. The Bertz CT molecular complexity index is 635. The maximum atomic E-state index is 12.7. The Morgan fingerprint density at radius 3 is 2.70 bits per heavy atom. The molecule has 1 aliphatic heterocycles. The molecule has 1 saturated heterocycles. The molecule has 27 heavy (non-hydrogen) atoms. The van der Waals surface area contributed by atoms with Crippen LogP contribution in [0.5, 0.6) is 0 Å². The summed E-state index contributed by atoms with van der Waals surface area (Å²) >= 11 is 0. The first kappa shape index (κ1) is 20.7. The first-order valence-corrected chi connectivity index (χ1v) is 9.47. The van der Waals surface area contributed by atoms with E-state index in [0.717, 1.165) is 18.4 Å². The zero-order valence-electron chi connectivity index (χ0n) is 15.7. The normalized spacial score (nSPS) is 17.8. The molecule has 0 radical (unpaired) electrons. The Morgan fingerprint density at radius 2 is 2.04 bits per heavy atom. The van der Waals surface area contributed by atoms with E-state index >= 15 is 0 Å². The van der Waals surface area contributed by atoms with Gasteiger partial charge in [0.1, 0.15) is 0 Å². The van der Waals surface area contributed by atoms with Crippen LogP contribution in [-0.2, 0) is 20.7 Å². The van der Waals surface area contributed by atoms with E-state index in [4.69, 9.17) is 9.84 Å². The van der Waals surface area contributed by atoms with Gasteiger partial charge in [-0.15, -0.1) is 0 Å². The smallest absolute Gasteiger partial charge is 0.317 e. The first-order valence-electron chi connectivity index (χ1n) is 9.47. The minimum atomic E-state index is -0.886. The van der Waals surface area contributed by atoms with Crippen molar-refractivity contribution in [3.8, 4) is 0 Å². The van der Waals surface area contributed by atoms with Gasteiger partial charge in [-0.3, -0.25) is 9.59 Å². The van der Waals surface area contributed by atoms with Crippen LogP contribution in [0.3, 0.4) is 0 Å². The second-order valence-corrected chi connectivity index (χ2v) is 6.81. The highest BCUT2D eigenvalue weighted by molar-refractivity contribution is 5.77. The van der Waals surface area contributed by atoms with E-state index in [-0.39, 0.29) is 30.4 Å². The molecular formula is C20H28N2O5. The van der Waals surface area contributed by atoms with E-state index in [9.17, 15) is 14.4 Å². The minimum Gasteiger partial charge on any atom is -0.481 e. The van der Waals surface area contributed by atoms with Crippen molar-refractivity contribution in [3.05, 3.63) is 35.9 Å². The Balaban J connectivity index is 1.96. The fourth-order valence-corrected chi connectivity index (χ4v) is 3.30. The summed E-state index contributed by atoms with van der Waals surface area (Å²) in [6, 6.07) is 9.13. The molecule has 7 heteroatoms. The number of carbonyl (C=O) groups is 3. The molecule has 2 rings (SSSR count). The quantitative estimate of drug-likeness (QED) is 0.680. The van der Waals surface area contributed by atoms with Crippen LogP contribution in [0.15, 0.2) is 30.3 Å². The standard InChI is InChI=1S/C20H28N2O5/c1-2-27-19(25)16-9-6-12-22(14-16)20(26)21-17(10-11-18(23)24)13-15-7-4-3-5-8-15/h3-5,7-8,16-17H,2,6,9-14H2,1H3,(H,21,26)(H,23,24)/t16-,17?/m0/s1. The Kier molecular flexibility index (Phi) is 8.10. The lowest BCUT2D eigenvalue weighted by atomic mass is 9.98. The number of nitrogens with one attached hydrogen (secondary N) is 1. The number of hydrogen-bond acceptors (Lipinski definition) is 4. The molecule has 1 fully saturated rings. The van der Waals surface area contributed by atoms with Gasteiger partial charge in [0, 0.05) is 25.6 Å².